The Morgan fingerprint density at radius 3 is 2.35 bits per heavy atom. The first-order valence-electron chi connectivity index (χ1n) is 13.3. The number of benzene rings is 3. The zero-order chi connectivity index (χ0) is 27.6. The molecule has 0 unspecified atom stereocenters. The summed E-state index contributed by atoms with van der Waals surface area (Å²) in [4.78, 5) is 27.6. The second kappa shape index (κ2) is 11.3. The zero-order valence-corrected chi connectivity index (χ0v) is 23.6. The monoisotopic (exact) mass is 570 g/mol. The highest BCUT2D eigenvalue weighted by atomic mass is 35.5. The maximum atomic E-state index is 13.3. The predicted octanol–water partition coefficient (Wildman–Crippen LogP) is 6.37. The summed E-state index contributed by atoms with van der Waals surface area (Å²) in [6, 6.07) is 25.3. The van der Waals surface area contributed by atoms with Gasteiger partial charge in [0.2, 0.25) is 0 Å². The molecule has 0 spiro atoms. The Labute approximate surface area is 243 Å². The molecule has 1 fully saturated rings. The van der Waals surface area contributed by atoms with Crippen molar-refractivity contribution in [2.24, 2.45) is 0 Å². The van der Waals surface area contributed by atoms with Crippen molar-refractivity contribution in [1.82, 2.24) is 24.6 Å². The number of anilines is 1. The molecule has 1 amide bonds. The van der Waals surface area contributed by atoms with Crippen LogP contribution in [0.1, 0.15) is 33.9 Å². The molecule has 0 radical (unpaired) electrons. The summed E-state index contributed by atoms with van der Waals surface area (Å²) in [5, 5.41) is 6.63. The number of carbonyl (C=O) groups excluding carboxylic acids is 1. The number of rotatable bonds is 5. The van der Waals surface area contributed by atoms with Gasteiger partial charge < -0.3 is 9.80 Å². The Kier molecular flexibility index (Phi) is 7.41. The summed E-state index contributed by atoms with van der Waals surface area (Å²) in [6.45, 7) is 4.61. The first-order chi connectivity index (χ1) is 19.5. The van der Waals surface area contributed by atoms with Crippen molar-refractivity contribution >= 4 is 46.0 Å². The minimum atomic E-state index is -0.0499. The number of nitrogens with zero attached hydrogens (tertiary/aromatic N) is 6. The van der Waals surface area contributed by atoms with Crippen molar-refractivity contribution in [3.05, 3.63) is 112 Å². The van der Waals surface area contributed by atoms with E-state index in [0.29, 0.717) is 41.7 Å². The molecule has 6 rings (SSSR count). The molecule has 40 heavy (non-hydrogen) atoms. The molecular formula is C31H28Cl2N6O. The summed E-state index contributed by atoms with van der Waals surface area (Å²) < 4.78 is 1.91. The van der Waals surface area contributed by atoms with E-state index in [-0.39, 0.29) is 5.91 Å². The standard InChI is InChI=1S/C31H28Cl2N6O/c1-21-28-29(37-15-8-16-38(18-17-37)31(40)23-13-14-25(32)26(33)20-23)34-27(19-22-9-4-2-5-10-22)35-30(28)39(36-21)24-11-6-3-7-12-24/h2-7,9-14,20H,8,15-19H2,1H3. The van der Waals surface area contributed by atoms with E-state index in [0.717, 1.165) is 52.6 Å². The maximum Gasteiger partial charge on any atom is 0.253 e. The van der Waals surface area contributed by atoms with Gasteiger partial charge in [0.05, 0.1) is 26.8 Å². The minimum Gasteiger partial charge on any atom is -0.354 e. The van der Waals surface area contributed by atoms with Crippen molar-refractivity contribution in [1.29, 1.82) is 0 Å². The SMILES string of the molecule is Cc1nn(-c2ccccc2)c2nc(Cc3ccccc3)nc(N3CCCN(C(=O)c4ccc(Cl)c(Cl)c4)CC3)c12. The molecule has 0 atom stereocenters. The van der Waals surface area contributed by atoms with E-state index in [4.69, 9.17) is 38.3 Å². The third-order valence-electron chi connectivity index (χ3n) is 7.18. The lowest BCUT2D eigenvalue weighted by Gasteiger charge is -2.24. The van der Waals surface area contributed by atoms with Crippen LogP contribution in [0.2, 0.25) is 10.0 Å². The number of aromatic nitrogens is 4. The molecule has 1 aliphatic rings. The lowest BCUT2D eigenvalue weighted by molar-refractivity contribution is 0.0767. The fourth-order valence-corrected chi connectivity index (χ4v) is 5.48. The average molecular weight is 572 g/mol. The van der Waals surface area contributed by atoms with E-state index in [2.05, 4.69) is 17.0 Å². The van der Waals surface area contributed by atoms with E-state index in [1.54, 1.807) is 18.2 Å². The highest BCUT2D eigenvalue weighted by Crippen LogP contribution is 2.31. The summed E-state index contributed by atoms with van der Waals surface area (Å²) in [5.74, 6) is 1.55. The van der Waals surface area contributed by atoms with Crippen molar-refractivity contribution in [3.8, 4) is 5.69 Å². The lowest BCUT2D eigenvalue weighted by Crippen LogP contribution is -2.35. The highest BCUT2D eigenvalue weighted by molar-refractivity contribution is 6.42. The molecule has 0 aliphatic carbocycles. The highest BCUT2D eigenvalue weighted by Gasteiger charge is 2.26. The van der Waals surface area contributed by atoms with Gasteiger partial charge >= 0.3 is 0 Å². The number of fused-ring (bicyclic) bond motifs is 1. The lowest BCUT2D eigenvalue weighted by atomic mass is 10.1. The Morgan fingerprint density at radius 1 is 0.850 bits per heavy atom. The van der Waals surface area contributed by atoms with Gasteiger partial charge in [0, 0.05) is 38.2 Å². The number of halogens is 2. The third kappa shape index (κ3) is 5.27. The van der Waals surface area contributed by atoms with Gasteiger partial charge in [-0.3, -0.25) is 4.79 Å². The first kappa shape index (κ1) is 26.3. The summed E-state index contributed by atoms with van der Waals surface area (Å²) in [6.07, 6.45) is 1.41. The van der Waals surface area contributed by atoms with Crippen molar-refractivity contribution in [3.63, 3.8) is 0 Å². The van der Waals surface area contributed by atoms with Crippen LogP contribution in [0.25, 0.3) is 16.7 Å². The van der Waals surface area contributed by atoms with Crippen LogP contribution < -0.4 is 4.90 Å². The average Bonchev–Trinajstić information content (AvgIpc) is 3.14. The van der Waals surface area contributed by atoms with Crippen LogP contribution in [0.5, 0.6) is 0 Å². The molecular weight excluding hydrogens is 543 g/mol. The van der Waals surface area contributed by atoms with Crippen LogP contribution in [-0.4, -0.2) is 56.7 Å². The quantitative estimate of drug-likeness (QED) is 0.245. The Bertz CT molecular complexity index is 1670. The van der Waals surface area contributed by atoms with Gasteiger partial charge in [0.15, 0.2) is 5.65 Å². The van der Waals surface area contributed by atoms with E-state index < -0.39 is 0 Å². The second-order valence-corrected chi connectivity index (χ2v) is 10.7. The van der Waals surface area contributed by atoms with Crippen molar-refractivity contribution < 1.29 is 4.79 Å². The van der Waals surface area contributed by atoms with Crippen LogP contribution in [0, 0.1) is 6.92 Å². The Balaban J connectivity index is 1.36. The molecule has 2 aromatic heterocycles. The normalized spacial score (nSPS) is 14.0. The molecule has 3 aromatic carbocycles. The molecule has 3 heterocycles. The van der Waals surface area contributed by atoms with E-state index >= 15 is 0 Å². The molecule has 1 saturated heterocycles. The van der Waals surface area contributed by atoms with Gasteiger partial charge in [-0.15, -0.1) is 0 Å². The fourth-order valence-electron chi connectivity index (χ4n) is 5.19. The number of para-hydroxylation sites is 1. The number of hydrogen-bond donors (Lipinski definition) is 0. The third-order valence-corrected chi connectivity index (χ3v) is 7.92. The first-order valence-corrected chi connectivity index (χ1v) is 14.1. The number of amides is 1. The van der Waals surface area contributed by atoms with Crippen LogP contribution in [0.3, 0.4) is 0 Å². The Morgan fingerprint density at radius 2 is 1.60 bits per heavy atom. The van der Waals surface area contributed by atoms with Crippen molar-refractivity contribution in [2.45, 2.75) is 19.8 Å². The van der Waals surface area contributed by atoms with E-state index in [9.17, 15) is 4.79 Å². The summed E-state index contributed by atoms with van der Waals surface area (Å²) in [5.41, 5.74) is 4.29. The largest absolute Gasteiger partial charge is 0.354 e. The Hall–Kier alpha value is -3.94. The van der Waals surface area contributed by atoms with E-state index in [1.807, 2.05) is 65.0 Å². The van der Waals surface area contributed by atoms with Crippen LogP contribution in [-0.2, 0) is 6.42 Å². The van der Waals surface area contributed by atoms with Gasteiger partial charge in [-0.25, -0.2) is 14.6 Å². The van der Waals surface area contributed by atoms with Gasteiger partial charge in [0.1, 0.15) is 11.6 Å². The van der Waals surface area contributed by atoms with Crippen LogP contribution in [0.15, 0.2) is 78.9 Å². The minimum absolute atomic E-state index is 0.0499. The van der Waals surface area contributed by atoms with Gasteiger partial charge in [-0.1, -0.05) is 71.7 Å². The van der Waals surface area contributed by atoms with Crippen molar-refractivity contribution in [2.75, 3.05) is 31.1 Å². The fraction of sp³-hybridized carbons (Fsp3) is 0.226. The van der Waals surface area contributed by atoms with E-state index in [1.165, 1.54) is 0 Å². The molecule has 5 aromatic rings. The molecule has 9 heteroatoms. The number of aryl methyl sites for hydroxylation is 1. The molecule has 0 saturated carbocycles. The van der Waals surface area contributed by atoms with Crippen LogP contribution in [0.4, 0.5) is 5.82 Å². The van der Waals surface area contributed by atoms with Gasteiger partial charge in [-0.2, -0.15) is 5.10 Å². The number of hydrogen-bond acceptors (Lipinski definition) is 5. The maximum absolute atomic E-state index is 13.3. The zero-order valence-electron chi connectivity index (χ0n) is 22.1. The van der Waals surface area contributed by atoms with Gasteiger partial charge in [0.25, 0.3) is 5.91 Å². The topological polar surface area (TPSA) is 67.2 Å². The molecule has 0 bridgehead atoms. The molecule has 202 valence electrons. The molecule has 7 nitrogen and oxygen atoms in total. The summed E-state index contributed by atoms with van der Waals surface area (Å²) >= 11 is 12.3. The van der Waals surface area contributed by atoms with Gasteiger partial charge in [-0.05, 0) is 49.2 Å². The smallest absolute Gasteiger partial charge is 0.253 e. The predicted molar refractivity (Wildman–Crippen MR) is 160 cm³/mol. The van der Waals surface area contributed by atoms with Crippen LogP contribution >= 0.6 is 23.2 Å². The molecule has 0 N–H and O–H groups in total. The number of carbonyl (C=O) groups is 1. The summed E-state index contributed by atoms with van der Waals surface area (Å²) in [7, 11) is 0. The molecule has 1 aliphatic heterocycles. The second-order valence-electron chi connectivity index (χ2n) is 9.92.